The van der Waals surface area contributed by atoms with Crippen LogP contribution in [0.4, 0.5) is 0 Å². The standard InChI is InChI=1S/C21H30N2O4S/c1-16(2)13-23(28(26,27)19-10-8-18(15-24)9-11-19)14-21(25)20(22)12-17-6-4-3-5-7-17/h3-11,16,20-21,24-25H,12-15,22H2,1-2H3. The van der Waals surface area contributed by atoms with Crippen LogP contribution in [0, 0.1) is 5.92 Å². The molecule has 0 saturated heterocycles. The van der Waals surface area contributed by atoms with Gasteiger partial charge in [-0.2, -0.15) is 4.31 Å². The van der Waals surface area contributed by atoms with Gasteiger partial charge in [-0.1, -0.05) is 56.3 Å². The molecule has 0 amide bonds. The van der Waals surface area contributed by atoms with Gasteiger partial charge in [0.1, 0.15) is 0 Å². The Morgan fingerprint density at radius 3 is 2.11 bits per heavy atom. The summed E-state index contributed by atoms with van der Waals surface area (Å²) >= 11 is 0. The number of aliphatic hydroxyl groups excluding tert-OH is 2. The Kier molecular flexibility index (Phi) is 8.15. The van der Waals surface area contributed by atoms with Crippen molar-refractivity contribution in [3.05, 3.63) is 65.7 Å². The van der Waals surface area contributed by atoms with Crippen LogP contribution in [0.1, 0.15) is 25.0 Å². The zero-order chi connectivity index (χ0) is 20.7. The van der Waals surface area contributed by atoms with Gasteiger partial charge in [-0.15, -0.1) is 0 Å². The quantitative estimate of drug-likeness (QED) is 0.558. The van der Waals surface area contributed by atoms with Crippen LogP contribution in [-0.2, 0) is 23.1 Å². The van der Waals surface area contributed by atoms with Gasteiger partial charge in [-0.05, 0) is 35.6 Å². The number of benzene rings is 2. The van der Waals surface area contributed by atoms with Crippen LogP contribution in [0.2, 0.25) is 0 Å². The molecule has 28 heavy (non-hydrogen) atoms. The molecule has 0 fully saturated rings. The number of rotatable bonds is 10. The van der Waals surface area contributed by atoms with Gasteiger partial charge in [0.2, 0.25) is 10.0 Å². The first kappa shape index (κ1) is 22.5. The monoisotopic (exact) mass is 406 g/mol. The molecule has 154 valence electrons. The molecule has 6 nitrogen and oxygen atoms in total. The molecule has 7 heteroatoms. The lowest BCUT2D eigenvalue weighted by Gasteiger charge is -2.28. The molecule has 2 atom stereocenters. The van der Waals surface area contributed by atoms with Gasteiger partial charge >= 0.3 is 0 Å². The summed E-state index contributed by atoms with van der Waals surface area (Å²) in [5.41, 5.74) is 7.78. The smallest absolute Gasteiger partial charge is 0.243 e. The van der Waals surface area contributed by atoms with Crippen molar-refractivity contribution in [3.63, 3.8) is 0 Å². The lowest BCUT2D eigenvalue weighted by molar-refractivity contribution is 0.116. The lowest BCUT2D eigenvalue weighted by atomic mass is 10.0. The third-order valence-electron chi connectivity index (χ3n) is 4.51. The fraction of sp³-hybridized carbons (Fsp3) is 0.429. The summed E-state index contributed by atoms with van der Waals surface area (Å²) in [4.78, 5) is 0.134. The molecule has 2 aromatic rings. The van der Waals surface area contributed by atoms with Crippen molar-refractivity contribution >= 4 is 10.0 Å². The Morgan fingerprint density at radius 1 is 0.964 bits per heavy atom. The van der Waals surface area contributed by atoms with Crippen LogP contribution in [0.3, 0.4) is 0 Å². The Bertz CT molecular complexity index is 823. The van der Waals surface area contributed by atoms with Crippen molar-refractivity contribution in [2.45, 2.75) is 43.9 Å². The third kappa shape index (κ3) is 6.12. The average Bonchev–Trinajstić information content (AvgIpc) is 2.67. The highest BCUT2D eigenvalue weighted by molar-refractivity contribution is 7.89. The highest BCUT2D eigenvalue weighted by atomic mass is 32.2. The first-order valence-electron chi connectivity index (χ1n) is 9.41. The highest BCUT2D eigenvalue weighted by Gasteiger charge is 2.29. The van der Waals surface area contributed by atoms with Crippen LogP contribution in [0.5, 0.6) is 0 Å². The van der Waals surface area contributed by atoms with Gasteiger partial charge in [-0.3, -0.25) is 0 Å². The van der Waals surface area contributed by atoms with Crippen molar-refractivity contribution in [1.82, 2.24) is 4.31 Å². The van der Waals surface area contributed by atoms with Crippen molar-refractivity contribution in [1.29, 1.82) is 0 Å². The Balaban J connectivity index is 2.17. The van der Waals surface area contributed by atoms with Gasteiger partial charge in [-0.25, -0.2) is 8.42 Å². The molecule has 2 unspecified atom stereocenters. The Labute approximate surface area is 167 Å². The predicted octanol–water partition coefficient (Wildman–Crippen LogP) is 1.76. The molecule has 2 aromatic carbocycles. The maximum absolute atomic E-state index is 13.1. The predicted molar refractivity (Wildman–Crippen MR) is 110 cm³/mol. The van der Waals surface area contributed by atoms with E-state index >= 15 is 0 Å². The Morgan fingerprint density at radius 2 is 1.57 bits per heavy atom. The van der Waals surface area contributed by atoms with Gasteiger partial charge in [0.25, 0.3) is 0 Å². The largest absolute Gasteiger partial charge is 0.392 e. The van der Waals surface area contributed by atoms with E-state index in [1.807, 2.05) is 44.2 Å². The van der Waals surface area contributed by atoms with Crippen molar-refractivity contribution in [2.75, 3.05) is 13.1 Å². The molecule has 2 rings (SSSR count). The summed E-state index contributed by atoms with van der Waals surface area (Å²) in [6.07, 6.45) is -0.534. The zero-order valence-electron chi connectivity index (χ0n) is 16.4. The van der Waals surface area contributed by atoms with Gasteiger partial charge < -0.3 is 15.9 Å². The van der Waals surface area contributed by atoms with Crippen molar-refractivity contribution < 1.29 is 18.6 Å². The summed E-state index contributed by atoms with van der Waals surface area (Å²) in [6.45, 7) is 3.90. The fourth-order valence-electron chi connectivity index (χ4n) is 2.96. The summed E-state index contributed by atoms with van der Waals surface area (Å²) < 4.78 is 27.5. The number of hydrogen-bond acceptors (Lipinski definition) is 5. The summed E-state index contributed by atoms with van der Waals surface area (Å²) in [5, 5.41) is 19.7. The molecule has 0 heterocycles. The molecule has 0 aliphatic heterocycles. The number of aliphatic hydroxyl groups is 2. The van der Waals surface area contributed by atoms with Crippen LogP contribution >= 0.6 is 0 Å². The number of sulfonamides is 1. The summed E-state index contributed by atoms with van der Waals surface area (Å²) in [6, 6.07) is 15.1. The molecule has 0 aliphatic carbocycles. The van der Waals surface area contributed by atoms with Crippen molar-refractivity contribution in [3.8, 4) is 0 Å². The second kappa shape index (κ2) is 10.1. The maximum atomic E-state index is 13.1. The van der Waals surface area contributed by atoms with E-state index in [2.05, 4.69) is 0 Å². The SMILES string of the molecule is CC(C)CN(CC(O)C(N)Cc1ccccc1)S(=O)(=O)c1ccc(CO)cc1. The third-order valence-corrected chi connectivity index (χ3v) is 6.36. The first-order valence-corrected chi connectivity index (χ1v) is 10.9. The number of nitrogens with zero attached hydrogens (tertiary/aromatic N) is 1. The number of nitrogens with two attached hydrogens (primary N) is 1. The molecular weight excluding hydrogens is 376 g/mol. The van der Waals surface area contributed by atoms with Crippen molar-refractivity contribution in [2.24, 2.45) is 11.7 Å². The fourth-order valence-corrected chi connectivity index (χ4v) is 4.58. The van der Waals surface area contributed by atoms with Crippen LogP contribution in [-0.4, -0.2) is 48.2 Å². The molecule has 0 saturated carbocycles. The molecule has 0 radical (unpaired) electrons. The molecule has 0 aromatic heterocycles. The Hall–Kier alpha value is -1.77. The van der Waals surface area contributed by atoms with E-state index < -0.39 is 22.2 Å². The topological polar surface area (TPSA) is 104 Å². The van der Waals surface area contributed by atoms with Crippen LogP contribution in [0.15, 0.2) is 59.5 Å². The molecule has 0 aliphatic rings. The average molecular weight is 407 g/mol. The maximum Gasteiger partial charge on any atom is 0.243 e. The van der Waals surface area contributed by atoms with Crippen LogP contribution < -0.4 is 5.73 Å². The van der Waals surface area contributed by atoms with Gasteiger partial charge in [0.05, 0.1) is 17.6 Å². The summed E-state index contributed by atoms with van der Waals surface area (Å²) in [5.74, 6) is 0.0871. The first-order chi connectivity index (χ1) is 13.2. The minimum Gasteiger partial charge on any atom is -0.392 e. The van der Waals surface area contributed by atoms with Crippen LogP contribution in [0.25, 0.3) is 0 Å². The molecule has 0 spiro atoms. The lowest BCUT2D eigenvalue weighted by Crippen LogP contribution is -2.47. The van der Waals surface area contributed by atoms with Gasteiger partial charge in [0, 0.05) is 19.1 Å². The van der Waals surface area contributed by atoms with Gasteiger partial charge in [0.15, 0.2) is 0 Å². The van der Waals surface area contributed by atoms with E-state index in [1.165, 1.54) is 16.4 Å². The van der Waals surface area contributed by atoms with E-state index in [0.29, 0.717) is 12.0 Å². The van der Waals surface area contributed by atoms with E-state index in [9.17, 15) is 13.5 Å². The number of hydrogen-bond donors (Lipinski definition) is 3. The molecular formula is C21H30N2O4S. The normalized spacial score (nSPS) is 14.4. The second-order valence-corrected chi connectivity index (χ2v) is 9.38. The second-order valence-electron chi connectivity index (χ2n) is 7.44. The minimum absolute atomic E-state index is 0.0731. The summed E-state index contributed by atoms with van der Waals surface area (Å²) in [7, 11) is -3.79. The minimum atomic E-state index is -3.79. The van der Waals surface area contributed by atoms with E-state index in [1.54, 1.807) is 12.1 Å². The van der Waals surface area contributed by atoms with E-state index in [0.717, 1.165) is 5.56 Å². The van der Waals surface area contributed by atoms with E-state index in [4.69, 9.17) is 10.8 Å². The highest BCUT2D eigenvalue weighted by Crippen LogP contribution is 2.19. The molecule has 4 N–H and O–H groups in total. The van der Waals surface area contributed by atoms with E-state index in [-0.39, 0.29) is 30.5 Å². The zero-order valence-corrected chi connectivity index (χ0v) is 17.2. The molecule has 0 bridgehead atoms.